The molecule has 3 rings (SSSR count). The molecule has 10 heteroatoms. The average Bonchev–Trinajstić information content (AvgIpc) is 2.73. The summed E-state index contributed by atoms with van der Waals surface area (Å²) < 4.78 is 45.4. The number of hydrogen-bond acceptors (Lipinski definition) is 6. The molecule has 0 spiro atoms. The molecule has 0 bridgehead atoms. The minimum absolute atomic E-state index is 0.0668. The van der Waals surface area contributed by atoms with Gasteiger partial charge in [0.05, 0.1) is 18.6 Å². The van der Waals surface area contributed by atoms with Gasteiger partial charge in [0.15, 0.2) is 0 Å². The van der Waals surface area contributed by atoms with Crippen LogP contribution in [0.25, 0.3) is 11.3 Å². The highest BCUT2D eigenvalue weighted by Crippen LogP contribution is 2.25. The Morgan fingerprint density at radius 2 is 1.63 bits per heavy atom. The minimum Gasteiger partial charge on any atom is -0.497 e. The number of halogens is 3. The molecule has 0 unspecified atom stereocenters. The first-order chi connectivity index (χ1) is 14.3. The second kappa shape index (κ2) is 9.49. The summed E-state index contributed by atoms with van der Waals surface area (Å²) in [7, 11) is 1.59. The number of benzene rings is 2. The lowest BCUT2D eigenvalue weighted by atomic mass is 10.1. The summed E-state index contributed by atoms with van der Waals surface area (Å²) in [5, 5.41) is 11.4. The van der Waals surface area contributed by atoms with Crippen LogP contribution in [0.5, 0.6) is 11.5 Å². The number of alkyl halides is 3. The molecular formula is C20H16F3N3O3S. The Morgan fingerprint density at radius 1 is 0.967 bits per heavy atom. The smallest absolute Gasteiger partial charge is 0.497 e. The van der Waals surface area contributed by atoms with Crippen molar-refractivity contribution in [2.75, 3.05) is 18.2 Å². The van der Waals surface area contributed by atoms with Gasteiger partial charge in [-0.1, -0.05) is 11.8 Å². The Labute approximate surface area is 174 Å². The fraction of sp³-hybridized carbons (Fsp3) is 0.150. The second-order valence-electron chi connectivity index (χ2n) is 5.89. The van der Waals surface area contributed by atoms with Gasteiger partial charge in [-0.3, -0.25) is 4.79 Å². The van der Waals surface area contributed by atoms with E-state index in [-0.39, 0.29) is 17.4 Å². The van der Waals surface area contributed by atoms with E-state index < -0.39 is 6.36 Å². The van der Waals surface area contributed by atoms with Gasteiger partial charge in [0.1, 0.15) is 16.5 Å². The summed E-state index contributed by atoms with van der Waals surface area (Å²) >= 11 is 1.19. The van der Waals surface area contributed by atoms with Crippen LogP contribution >= 0.6 is 11.8 Å². The van der Waals surface area contributed by atoms with Gasteiger partial charge >= 0.3 is 6.36 Å². The van der Waals surface area contributed by atoms with E-state index in [1.54, 1.807) is 19.2 Å². The number of carbonyl (C=O) groups excluding carboxylic acids is 1. The number of aromatic nitrogens is 2. The molecular weight excluding hydrogens is 419 g/mol. The van der Waals surface area contributed by atoms with Crippen LogP contribution in [0.2, 0.25) is 0 Å². The lowest BCUT2D eigenvalue weighted by molar-refractivity contribution is -0.274. The molecule has 1 heterocycles. The van der Waals surface area contributed by atoms with E-state index >= 15 is 0 Å². The van der Waals surface area contributed by atoms with Gasteiger partial charge < -0.3 is 14.8 Å². The molecule has 156 valence electrons. The van der Waals surface area contributed by atoms with Gasteiger partial charge in [-0.2, -0.15) is 0 Å². The molecule has 0 fully saturated rings. The normalized spacial score (nSPS) is 11.1. The molecule has 0 saturated heterocycles. The van der Waals surface area contributed by atoms with Crippen molar-refractivity contribution in [1.82, 2.24) is 10.2 Å². The maximum Gasteiger partial charge on any atom is 0.573 e. The van der Waals surface area contributed by atoms with Crippen LogP contribution in [0.4, 0.5) is 18.9 Å². The van der Waals surface area contributed by atoms with Gasteiger partial charge in [-0.05, 0) is 60.7 Å². The summed E-state index contributed by atoms with van der Waals surface area (Å²) in [6.07, 6.45) is -4.76. The lowest BCUT2D eigenvalue weighted by Gasteiger charge is -2.10. The summed E-state index contributed by atoms with van der Waals surface area (Å²) in [6.45, 7) is 0. The number of ether oxygens (including phenoxy) is 2. The van der Waals surface area contributed by atoms with Crippen LogP contribution in [-0.2, 0) is 4.79 Å². The molecule has 1 amide bonds. The molecule has 0 radical (unpaired) electrons. The Kier molecular flexibility index (Phi) is 6.78. The van der Waals surface area contributed by atoms with Gasteiger partial charge in [0.2, 0.25) is 5.91 Å². The third-order valence-corrected chi connectivity index (χ3v) is 4.67. The van der Waals surface area contributed by atoms with E-state index in [1.165, 1.54) is 23.9 Å². The standard InChI is InChI=1S/C20H16F3N3O3S/c1-28-15-6-2-13(3-7-15)17-10-11-19(26-25-17)30-12-18(27)24-14-4-8-16(9-5-14)29-20(21,22)23/h2-11H,12H2,1H3,(H,24,27). The van der Waals surface area contributed by atoms with E-state index in [9.17, 15) is 18.0 Å². The Bertz CT molecular complexity index is 979. The molecule has 6 nitrogen and oxygen atoms in total. The molecule has 0 aliphatic rings. The summed E-state index contributed by atoms with van der Waals surface area (Å²) in [5.74, 6) is 0.122. The first-order valence-corrected chi connectivity index (χ1v) is 9.57. The van der Waals surface area contributed by atoms with Crippen molar-refractivity contribution < 1.29 is 27.4 Å². The van der Waals surface area contributed by atoms with Gasteiger partial charge in [0, 0.05) is 11.3 Å². The molecule has 1 aromatic heterocycles. The summed E-state index contributed by atoms with van der Waals surface area (Å²) in [6, 6.07) is 15.8. The number of carbonyl (C=O) groups is 1. The SMILES string of the molecule is COc1ccc(-c2ccc(SCC(=O)Nc3ccc(OC(F)(F)F)cc3)nn2)cc1. The van der Waals surface area contributed by atoms with Crippen LogP contribution < -0.4 is 14.8 Å². The largest absolute Gasteiger partial charge is 0.573 e. The quantitative estimate of drug-likeness (QED) is 0.539. The fourth-order valence-electron chi connectivity index (χ4n) is 2.39. The zero-order valence-electron chi connectivity index (χ0n) is 15.6. The summed E-state index contributed by atoms with van der Waals surface area (Å²) in [4.78, 5) is 12.0. The van der Waals surface area contributed by atoms with Crippen molar-refractivity contribution in [1.29, 1.82) is 0 Å². The van der Waals surface area contributed by atoms with Crippen LogP contribution in [0.1, 0.15) is 0 Å². The Hall–Kier alpha value is -3.27. The predicted molar refractivity (Wildman–Crippen MR) is 106 cm³/mol. The topological polar surface area (TPSA) is 73.3 Å². The summed E-state index contributed by atoms with van der Waals surface area (Å²) in [5.41, 5.74) is 1.93. The number of nitrogens with zero attached hydrogens (tertiary/aromatic N) is 2. The molecule has 30 heavy (non-hydrogen) atoms. The minimum atomic E-state index is -4.76. The fourth-order valence-corrected chi connectivity index (χ4v) is 3.00. The van der Waals surface area contributed by atoms with Gasteiger partial charge in [-0.15, -0.1) is 23.4 Å². The molecule has 1 N–H and O–H groups in total. The van der Waals surface area contributed by atoms with E-state index in [2.05, 4.69) is 20.3 Å². The van der Waals surface area contributed by atoms with Crippen molar-refractivity contribution in [2.45, 2.75) is 11.4 Å². The molecule has 2 aromatic carbocycles. The number of rotatable bonds is 7. The molecule has 0 aliphatic carbocycles. The number of hydrogen-bond donors (Lipinski definition) is 1. The first-order valence-electron chi connectivity index (χ1n) is 8.59. The number of nitrogens with one attached hydrogen (secondary N) is 1. The average molecular weight is 435 g/mol. The van der Waals surface area contributed by atoms with Crippen LogP contribution in [-0.4, -0.2) is 35.3 Å². The van der Waals surface area contributed by atoms with Crippen molar-refractivity contribution in [3.63, 3.8) is 0 Å². The number of amides is 1. The lowest BCUT2D eigenvalue weighted by Crippen LogP contribution is -2.17. The molecule has 3 aromatic rings. The van der Waals surface area contributed by atoms with Crippen LogP contribution in [0.15, 0.2) is 65.7 Å². The molecule has 0 saturated carbocycles. The zero-order valence-corrected chi connectivity index (χ0v) is 16.5. The van der Waals surface area contributed by atoms with E-state index in [1.807, 2.05) is 24.3 Å². The van der Waals surface area contributed by atoms with Gasteiger partial charge in [-0.25, -0.2) is 0 Å². The third-order valence-electron chi connectivity index (χ3n) is 3.75. The van der Waals surface area contributed by atoms with Crippen LogP contribution in [0.3, 0.4) is 0 Å². The first kappa shape index (κ1) is 21.4. The van der Waals surface area contributed by atoms with Crippen molar-refractivity contribution in [3.8, 4) is 22.8 Å². The van der Waals surface area contributed by atoms with E-state index in [4.69, 9.17) is 4.74 Å². The predicted octanol–water partition coefficient (Wildman–Crippen LogP) is 4.78. The van der Waals surface area contributed by atoms with Crippen LogP contribution in [0, 0.1) is 0 Å². The van der Waals surface area contributed by atoms with Gasteiger partial charge in [0.25, 0.3) is 0 Å². The maximum absolute atomic E-state index is 12.2. The monoisotopic (exact) mass is 435 g/mol. The molecule has 0 atom stereocenters. The Morgan fingerprint density at radius 3 is 2.20 bits per heavy atom. The number of anilines is 1. The second-order valence-corrected chi connectivity index (χ2v) is 6.89. The zero-order chi connectivity index (χ0) is 21.6. The Balaban J connectivity index is 1.50. The van der Waals surface area contributed by atoms with E-state index in [0.717, 1.165) is 23.4 Å². The highest BCUT2D eigenvalue weighted by atomic mass is 32.2. The maximum atomic E-state index is 12.2. The molecule has 0 aliphatic heterocycles. The van der Waals surface area contributed by atoms with Crippen molar-refractivity contribution in [2.24, 2.45) is 0 Å². The third kappa shape index (κ3) is 6.38. The van der Waals surface area contributed by atoms with Crippen molar-refractivity contribution in [3.05, 3.63) is 60.7 Å². The highest BCUT2D eigenvalue weighted by molar-refractivity contribution is 7.99. The highest BCUT2D eigenvalue weighted by Gasteiger charge is 2.30. The number of methoxy groups -OCH3 is 1. The number of thioether (sulfide) groups is 1. The van der Waals surface area contributed by atoms with E-state index in [0.29, 0.717) is 16.4 Å². The van der Waals surface area contributed by atoms with Crippen molar-refractivity contribution >= 4 is 23.4 Å².